The minimum Gasteiger partial charge on any atom is -0.346 e. The number of aromatic nitrogens is 3. The molecule has 0 unspecified atom stereocenters. The van der Waals surface area contributed by atoms with Gasteiger partial charge in [0.25, 0.3) is 0 Å². The molecule has 0 saturated heterocycles. The fourth-order valence-corrected chi connectivity index (χ4v) is 4.04. The summed E-state index contributed by atoms with van der Waals surface area (Å²) >= 11 is 12.4. The van der Waals surface area contributed by atoms with Crippen LogP contribution in [0.4, 0.5) is 13.2 Å². The van der Waals surface area contributed by atoms with E-state index in [-0.39, 0.29) is 6.54 Å². The van der Waals surface area contributed by atoms with E-state index >= 15 is 0 Å². The van der Waals surface area contributed by atoms with Gasteiger partial charge in [-0.1, -0.05) is 23.2 Å². The number of hydrogen-bond acceptors (Lipinski definition) is 2. The summed E-state index contributed by atoms with van der Waals surface area (Å²) in [5, 5.41) is 9.34. The number of aromatic amines is 1. The number of fused-ring (bicyclic) bond motifs is 1. The number of benzene rings is 1. The smallest absolute Gasteiger partial charge is 0.346 e. The minimum absolute atomic E-state index is 0.296. The highest BCUT2D eigenvalue weighted by molar-refractivity contribution is 6.36. The monoisotopic (exact) mass is 450 g/mol. The zero-order valence-corrected chi connectivity index (χ0v) is 16.9. The van der Waals surface area contributed by atoms with Gasteiger partial charge in [0.2, 0.25) is 0 Å². The van der Waals surface area contributed by atoms with E-state index in [9.17, 15) is 13.2 Å². The molecule has 0 bridgehead atoms. The second-order valence-corrected chi connectivity index (χ2v) is 7.56. The predicted molar refractivity (Wildman–Crippen MR) is 114 cm³/mol. The van der Waals surface area contributed by atoms with E-state index in [0.717, 1.165) is 11.6 Å². The number of rotatable bonds is 5. The summed E-state index contributed by atoms with van der Waals surface area (Å²) in [4.78, 5) is 7.26. The molecule has 0 fully saturated rings. The molecule has 4 aromatic rings. The zero-order chi connectivity index (χ0) is 21.5. The first-order valence-corrected chi connectivity index (χ1v) is 9.73. The van der Waals surface area contributed by atoms with Crippen molar-refractivity contribution in [3.63, 3.8) is 0 Å². The lowest BCUT2D eigenvalue weighted by atomic mass is 10.1. The Morgan fingerprint density at radius 1 is 1.10 bits per heavy atom. The van der Waals surface area contributed by atoms with Crippen LogP contribution in [-0.4, -0.2) is 26.9 Å². The van der Waals surface area contributed by atoms with Crippen LogP contribution in [0.3, 0.4) is 0 Å². The molecule has 0 aliphatic rings. The molecule has 0 atom stereocenters. The fourth-order valence-electron chi connectivity index (χ4n) is 3.54. The second kappa shape index (κ2) is 7.81. The molecule has 0 radical (unpaired) electrons. The van der Waals surface area contributed by atoms with Crippen molar-refractivity contribution in [3.8, 4) is 22.5 Å². The standard InChI is InChI=1S/C21H15Cl2F3N4/c22-13-1-2-16(17(23)10-13)19-12(11-27)9-18(30(19)8-5-21(24,25)26)14-3-6-28-20-15(14)4-7-29-20/h1-4,6-7,9-11,27H,5,8H2,(H,28,29). The molecule has 4 nitrogen and oxygen atoms in total. The maximum absolute atomic E-state index is 13.1. The third kappa shape index (κ3) is 3.82. The van der Waals surface area contributed by atoms with Crippen LogP contribution < -0.4 is 0 Å². The quantitative estimate of drug-likeness (QED) is 0.317. The van der Waals surface area contributed by atoms with E-state index in [1.807, 2.05) is 6.07 Å². The van der Waals surface area contributed by atoms with E-state index in [1.165, 1.54) is 6.07 Å². The van der Waals surface area contributed by atoms with Crippen molar-refractivity contribution in [2.75, 3.05) is 0 Å². The van der Waals surface area contributed by atoms with Gasteiger partial charge >= 0.3 is 6.18 Å². The Bertz CT molecular complexity index is 1240. The molecule has 30 heavy (non-hydrogen) atoms. The molecule has 1 aromatic carbocycles. The Morgan fingerprint density at radius 3 is 2.60 bits per heavy atom. The molecule has 0 spiro atoms. The Kier molecular flexibility index (Phi) is 5.34. The van der Waals surface area contributed by atoms with E-state index in [4.69, 9.17) is 28.6 Å². The van der Waals surface area contributed by atoms with E-state index < -0.39 is 12.6 Å². The molecule has 3 aromatic heterocycles. The van der Waals surface area contributed by atoms with Crippen LogP contribution in [0.2, 0.25) is 10.0 Å². The number of pyridine rings is 1. The summed E-state index contributed by atoms with van der Waals surface area (Å²) in [6.07, 6.45) is -0.933. The molecule has 0 amide bonds. The summed E-state index contributed by atoms with van der Waals surface area (Å²) in [5.74, 6) is 0. The van der Waals surface area contributed by atoms with Crippen LogP contribution >= 0.6 is 23.2 Å². The van der Waals surface area contributed by atoms with Gasteiger partial charge in [0.1, 0.15) is 5.65 Å². The third-order valence-corrected chi connectivity index (χ3v) is 5.37. The Hall–Kier alpha value is -2.77. The van der Waals surface area contributed by atoms with Crippen molar-refractivity contribution < 1.29 is 13.2 Å². The number of alkyl halides is 3. The second-order valence-electron chi connectivity index (χ2n) is 6.72. The van der Waals surface area contributed by atoms with Crippen LogP contribution in [-0.2, 0) is 6.54 Å². The van der Waals surface area contributed by atoms with Gasteiger partial charge in [-0.15, -0.1) is 0 Å². The Balaban J connectivity index is 2.00. The summed E-state index contributed by atoms with van der Waals surface area (Å²) in [6.45, 7) is -0.324. The zero-order valence-electron chi connectivity index (χ0n) is 15.4. The van der Waals surface area contributed by atoms with Gasteiger partial charge in [0.05, 0.1) is 17.1 Å². The molecule has 154 valence electrons. The Morgan fingerprint density at radius 2 is 1.90 bits per heavy atom. The first kappa shape index (κ1) is 20.5. The van der Waals surface area contributed by atoms with Gasteiger partial charge in [0.15, 0.2) is 0 Å². The van der Waals surface area contributed by atoms with Crippen LogP contribution in [0.15, 0.2) is 48.8 Å². The maximum atomic E-state index is 13.1. The van der Waals surface area contributed by atoms with Crippen LogP contribution in [0.25, 0.3) is 33.5 Å². The molecular formula is C21H15Cl2F3N4. The van der Waals surface area contributed by atoms with Gasteiger partial charge in [0, 0.05) is 57.9 Å². The first-order chi connectivity index (χ1) is 14.3. The fraction of sp³-hybridized carbons (Fsp3) is 0.143. The van der Waals surface area contributed by atoms with Gasteiger partial charge < -0.3 is 15.0 Å². The lowest BCUT2D eigenvalue weighted by Crippen LogP contribution is -2.14. The van der Waals surface area contributed by atoms with Crippen molar-refractivity contribution in [2.24, 2.45) is 0 Å². The highest BCUT2D eigenvalue weighted by Gasteiger charge is 2.29. The van der Waals surface area contributed by atoms with Crippen molar-refractivity contribution in [1.29, 1.82) is 5.41 Å². The molecule has 9 heteroatoms. The number of nitrogens with one attached hydrogen (secondary N) is 2. The van der Waals surface area contributed by atoms with Crippen molar-refractivity contribution >= 4 is 40.4 Å². The Labute approximate surface area is 179 Å². The number of H-pyrrole nitrogens is 1. The van der Waals surface area contributed by atoms with Crippen LogP contribution in [0.5, 0.6) is 0 Å². The molecular weight excluding hydrogens is 436 g/mol. The van der Waals surface area contributed by atoms with E-state index in [0.29, 0.717) is 43.8 Å². The average molecular weight is 451 g/mol. The molecule has 3 heterocycles. The van der Waals surface area contributed by atoms with Gasteiger partial charge in [-0.2, -0.15) is 13.2 Å². The molecule has 0 saturated carbocycles. The van der Waals surface area contributed by atoms with Crippen molar-refractivity contribution in [2.45, 2.75) is 19.1 Å². The number of nitrogens with zero attached hydrogens (tertiary/aromatic N) is 2. The summed E-state index contributed by atoms with van der Waals surface area (Å²) in [7, 11) is 0. The predicted octanol–water partition coefficient (Wildman–Crippen LogP) is 6.96. The normalized spacial score (nSPS) is 11.9. The lowest BCUT2D eigenvalue weighted by Gasteiger charge is -2.17. The van der Waals surface area contributed by atoms with Crippen LogP contribution in [0.1, 0.15) is 12.0 Å². The molecule has 2 N–H and O–H groups in total. The summed E-state index contributed by atoms with van der Waals surface area (Å²) < 4.78 is 40.9. The van der Waals surface area contributed by atoms with E-state index in [2.05, 4.69) is 9.97 Å². The lowest BCUT2D eigenvalue weighted by molar-refractivity contribution is -0.136. The summed E-state index contributed by atoms with van der Waals surface area (Å²) in [5.41, 5.74) is 3.28. The average Bonchev–Trinajstić information content (AvgIpc) is 3.30. The third-order valence-electron chi connectivity index (χ3n) is 4.82. The highest BCUT2D eigenvalue weighted by Crippen LogP contribution is 2.39. The molecule has 0 aliphatic heterocycles. The largest absolute Gasteiger partial charge is 0.390 e. The number of halogens is 5. The van der Waals surface area contributed by atoms with Crippen molar-refractivity contribution in [3.05, 3.63) is 64.4 Å². The number of hydrogen-bond donors (Lipinski definition) is 2. The van der Waals surface area contributed by atoms with Gasteiger partial charge in [-0.05, 0) is 36.4 Å². The maximum Gasteiger partial charge on any atom is 0.390 e. The minimum atomic E-state index is -4.34. The van der Waals surface area contributed by atoms with Crippen LogP contribution in [0, 0.1) is 5.41 Å². The highest BCUT2D eigenvalue weighted by atomic mass is 35.5. The van der Waals surface area contributed by atoms with Gasteiger partial charge in [-0.25, -0.2) is 4.98 Å². The first-order valence-electron chi connectivity index (χ1n) is 8.97. The molecule has 0 aliphatic carbocycles. The van der Waals surface area contributed by atoms with E-state index in [1.54, 1.807) is 41.2 Å². The SMILES string of the molecule is N=Cc1cc(-c2ccnc3[nH]ccc23)n(CCC(F)(F)F)c1-c1ccc(Cl)cc1Cl. The topological polar surface area (TPSA) is 57.5 Å². The molecule has 4 rings (SSSR count). The summed E-state index contributed by atoms with van der Waals surface area (Å²) in [6, 6.07) is 10.1. The van der Waals surface area contributed by atoms with Gasteiger partial charge in [-0.3, -0.25) is 0 Å². The van der Waals surface area contributed by atoms with Crippen molar-refractivity contribution in [1.82, 2.24) is 14.5 Å².